The summed E-state index contributed by atoms with van der Waals surface area (Å²) in [5, 5.41) is 3.77. The molecule has 3 aromatic heterocycles. The number of benzene rings is 1. The van der Waals surface area contributed by atoms with Crippen LogP contribution in [0.2, 0.25) is 0 Å². The number of ketones is 1. The minimum Gasteiger partial charge on any atom is -0.455 e. The average Bonchev–Trinajstić information content (AvgIpc) is 3.47. The number of aryl methyl sites for hydroxylation is 1. The molecular formula is C21H15NO4S2. The third-order valence-electron chi connectivity index (χ3n) is 4.10. The second-order valence-electron chi connectivity index (χ2n) is 5.93. The highest BCUT2D eigenvalue weighted by Crippen LogP contribution is 2.26. The summed E-state index contributed by atoms with van der Waals surface area (Å²) in [5.41, 5.74) is 1.12. The Morgan fingerprint density at radius 3 is 2.46 bits per heavy atom. The molecule has 28 heavy (non-hydrogen) atoms. The van der Waals surface area contributed by atoms with Gasteiger partial charge in [0, 0.05) is 5.56 Å². The molecule has 0 bridgehead atoms. The zero-order valence-corrected chi connectivity index (χ0v) is 16.5. The molecule has 0 N–H and O–H groups in total. The van der Waals surface area contributed by atoms with Gasteiger partial charge in [0.25, 0.3) is 0 Å². The first kappa shape index (κ1) is 18.3. The number of hydrogen-bond acceptors (Lipinski definition) is 7. The number of ether oxygens (including phenoxy) is 1. The number of carbonyl (C=O) groups is 2. The molecule has 140 valence electrons. The number of oxazole rings is 1. The van der Waals surface area contributed by atoms with Crippen LogP contribution >= 0.6 is 22.7 Å². The van der Waals surface area contributed by atoms with E-state index in [2.05, 4.69) is 4.98 Å². The van der Waals surface area contributed by atoms with Crippen LogP contribution in [0.4, 0.5) is 0 Å². The van der Waals surface area contributed by atoms with Gasteiger partial charge in [-0.2, -0.15) is 0 Å². The van der Waals surface area contributed by atoms with Gasteiger partial charge in [0.05, 0.1) is 15.3 Å². The first-order chi connectivity index (χ1) is 13.6. The fourth-order valence-corrected chi connectivity index (χ4v) is 4.01. The van der Waals surface area contributed by atoms with E-state index in [1.807, 2.05) is 22.9 Å². The maximum absolute atomic E-state index is 12.7. The van der Waals surface area contributed by atoms with Crippen molar-refractivity contribution in [1.29, 1.82) is 0 Å². The molecule has 0 saturated heterocycles. The van der Waals surface area contributed by atoms with Crippen LogP contribution in [0.15, 0.2) is 63.7 Å². The lowest BCUT2D eigenvalue weighted by Crippen LogP contribution is -2.12. The predicted molar refractivity (Wildman–Crippen MR) is 108 cm³/mol. The lowest BCUT2D eigenvalue weighted by molar-refractivity contribution is 0.0464. The summed E-state index contributed by atoms with van der Waals surface area (Å²) in [6, 6.07) is 14.0. The van der Waals surface area contributed by atoms with Gasteiger partial charge in [0.1, 0.15) is 18.1 Å². The Kier molecular flexibility index (Phi) is 5.18. The Labute approximate surface area is 169 Å². The van der Waals surface area contributed by atoms with E-state index in [0.29, 0.717) is 27.8 Å². The zero-order valence-electron chi connectivity index (χ0n) is 14.9. The summed E-state index contributed by atoms with van der Waals surface area (Å²) in [7, 11) is 0. The number of esters is 1. The minimum atomic E-state index is -0.569. The van der Waals surface area contributed by atoms with Crippen molar-refractivity contribution in [2.45, 2.75) is 13.5 Å². The van der Waals surface area contributed by atoms with Crippen LogP contribution in [-0.2, 0) is 11.3 Å². The molecule has 0 aliphatic carbocycles. The maximum atomic E-state index is 12.7. The molecule has 0 atom stereocenters. The van der Waals surface area contributed by atoms with Gasteiger partial charge in [0.15, 0.2) is 0 Å². The topological polar surface area (TPSA) is 69.4 Å². The van der Waals surface area contributed by atoms with Crippen molar-refractivity contribution < 1.29 is 18.7 Å². The average molecular weight is 409 g/mol. The summed E-state index contributed by atoms with van der Waals surface area (Å²) < 4.78 is 11.1. The molecule has 0 amide bonds. The second kappa shape index (κ2) is 7.92. The van der Waals surface area contributed by atoms with Gasteiger partial charge in [-0.1, -0.05) is 30.3 Å². The summed E-state index contributed by atoms with van der Waals surface area (Å²) in [6.45, 7) is 1.75. The number of rotatable bonds is 6. The summed E-state index contributed by atoms with van der Waals surface area (Å²) in [4.78, 5) is 31.2. The predicted octanol–water partition coefficient (Wildman–Crippen LogP) is 5.36. The third-order valence-corrected chi connectivity index (χ3v) is 5.83. The Bertz CT molecular complexity index is 1110. The molecule has 4 rings (SSSR count). The third kappa shape index (κ3) is 3.67. The highest BCUT2D eigenvalue weighted by molar-refractivity contribution is 7.13. The lowest BCUT2D eigenvalue weighted by atomic mass is 10.0. The van der Waals surface area contributed by atoms with Gasteiger partial charge >= 0.3 is 5.97 Å². The van der Waals surface area contributed by atoms with Gasteiger partial charge in [-0.15, -0.1) is 22.7 Å². The van der Waals surface area contributed by atoms with E-state index in [-0.39, 0.29) is 18.0 Å². The summed E-state index contributed by atoms with van der Waals surface area (Å²) >= 11 is 2.86. The molecule has 0 unspecified atom stereocenters. The highest BCUT2D eigenvalue weighted by atomic mass is 32.1. The number of carbonyl (C=O) groups excluding carboxylic acids is 2. The number of nitrogens with zero attached hydrogens (tertiary/aromatic N) is 1. The standard InChI is InChI=1S/C21H15NO4S2/c1-13-16(22-20(26-13)18-9-5-11-28-18)12-25-21(24)15-7-3-2-6-14(15)19(23)17-8-4-10-27-17/h2-11H,12H2,1H3. The van der Waals surface area contributed by atoms with Crippen LogP contribution in [0.1, 0.15) is 37.0 Å². The molecule has 0 aliphatic heterocycles. The zero-order chi connectivity index (χ0) is 19.5. The van der Waals surface area contributed by atoms with Gasteiger partial charge in [-0.05, 0) is 35.9 Å². The fourth-order valence-electron chi connectivity index (χ4n) is 2.68. The molecule has 5 nitrogen and oxygen atoms in total. The van der Waals surface area contributed by atoms with Gasteiger partial charge in [-0.25, -0.2) is 9.78 Å². The van der Waals surface area contributed by atoms with Crippen LogP contribution in [0, 0.1) is 6.92 Å². The molecule has 0 radical (unpaired) electrons. The Hall–Kier alpha value is -3.03. The molecule has 0 aliphatic rings. The van der Waals surface area contributed by atoms with Gasteiger partial charge < -0.3 is 9.15 Å². The van der Waals surface area contributed by atoms with Crippen LogP contribution in [0.3, 0.4) is 0 Å². The SMILES string of the molecule is Cc1oc(-c2cccs2)nc1COC(=O)c1ccccc1C(=O)c1cccs1. The number of aromatic nitrogens is 1. The molecule has 3 heterocycles. The monoisotopic (exact) mass is 409 g/mol. The first-order valence-corrected chi connectivity index (χ1v) is 10.2. The Morgan fingerprint density at radius 2 is 1.75 bits per heavy atom. The Balaban J connectivity index is 1.52. The smallest absolute Gasteiger partial charge is 0.339 e. The van der Waals surface area contributed by atoms with Crippen molar-refractivity contribution in [3.05, 3.63) is 86.7 Å². The van der Waals surface area contributed by atoms with Crippen molar-refractivity contribution in [3.8, 4) is 10.8 Å². The van der Waals surface area contributed by atoms with Crippen molar-refractivity contribution in [2.24, 2.45) is 0 Å². The van der Waals surface area contributed by atoms with E-state index < -0.39 is 5.97 Å². The normalized spacial score (nSPS) is 10.8. The maximum Gasteiger partial charge on any atom is 0.339 e. The van der Waals surface area contributed by atoms with Gasteiger partial charge in [0.2, 0.25) is 11.7 Å². The van der Waals surface area contributed by atoms with E-state index in [1.165, 1.54) is 22.7 Å². The van der Waals surface area contributed by atoms with Gasteiger partial charge in [-0.3, -0.25) is 4.79 Å². The molecule has 7 heteroatoms. The number of thiophene rings is 2. The largest absolute Gasteiger partial charge is 0.455 e. The second-order valence-corrected chi connectivity index (χ2v) is 7.82. The minimum absolute atomic E-state index is 0.0267. The van der Waals surface area contributed by atoms with Crippen LogP contribution in [0.25, 0.3) is 10.8 Å². The van der Waals surface area contributed by atoms with Crippen molar-refractivity contribution in [3.63, 3.8) is 0 Å². The number of hydrogen-bond donors (Lipinski definition) is 0. The quantitative estimate of drug-likeness (QED) is 0.317. The first-order valence-electron chi connectivity index (χ1n) is 8.48. The summed E-state index contributed by atoms with van der Waals surface area (Å²) in [5.74, 6) is 0.340. The van der Waals surface area contributed by atoms with Crippen LogP contribution in [-0.4, -0.2) is 16.7 Å². The van der Waals surface area contributed by atoms with E-state index in [4.69, 9.17) is 9.15 Å². The molecule has 0 spiro atoms. The summed E-state index contributed by atoms with van der Waals surface area (Å²) in [6.07, 6.45) is 0. The van der Waals surface area contributed by atoms with E-state index >= 15 is 0 Å². The van der Waals surface area contributed by atoms with E-state index in [0.717, 1.165) is 4.88 Å². The van der Waals surface area contributed by atoms with Crippen molar-refractivity contribution in [2.75, 3.05) is 0 Å². The van der Waals surface area contributed by atoms with Crippen molar-refractivity contribution >= 4 is 34.4 Å². The molecular weight excluding hydrogens is 394 g/mol. The highest BCUT2D eigenvalue weighted by Gasteiger charge is 2.21. The lowest BCUT2D eigenvalue weighted by Gasteiger charge is -2.07. The van der Waals surface area contributed by atoms with Crippen molar-refractivity contribution in [1.82, 2.24) is 4.98 Å². The van der Waals surface area contributed by atoms with Crippen LogP contribution < -0.4 is 0 Å². The van der Waals surface area contributed by atoms with E-state index in [9.17, 15) is 9.59 Å². The van der Waals surface area contributed by atoms with Crippen LogP contribution in [0.5, 0.6) is 0 Å². The fraction of sp³-hybridized carbons (Fsp3) is 0.0952. The molecule has 0 saturated carbocycles. The van der Waals surface area contributed by atoms with E-state index in [1.54, 1.807) is 43.3 Å². The molecule has 4 aromatic rings. The Morgan fingerprint density at radius 1 is 1.00 bits per heavy atom. The molecule has 1 aromatic carbocycles. The molecule has 0 fully saturated rings.